The van der Waals surface area contributed by atoms with Gasteiger partial charge in [0.2, 0.25) is 5.60 Å². The lowest BCUT2D eigenvalue weighted by molar-refractivity contribution is -0.271. The molecule has 0 radical (unpaired) electrons. The molecule has 0 saturated heterocycles. The Bertz CT molecular complexity index is 864. The van der Waals surface area contributed by atoms with E-state index in [-0.39, 0.29) is 12.3 Å². The molecule has 1 aromatic carbocycles. The van der Waals surface area contributed by atoms with Gasteiger partial charge in [-0.15, -0.1) is 0 Å². The van der Waals surface area contributed by atoms with E-state index in [4.69, 9.17) is 10.5 Å². The normalized spacial score (nSPS) is 13.7. The summed E-state index contributed by atoms with van der Waals surface area (Å²) in [6, 6.07) is 1.35. The Balaban J connectivity index is 2.40. The molecule has 0 bridgehead atoms. The molecule has 0 saturated carbocycles. The van der Waals surface area contributed by atoms with Crippen LogP contribution >= 0.6 is 0 Å². The summed E-state index contributed by atoms with van der Waals surface area (Å²) >= 11 is 0. The number of primary amides is 1. The summed E-state index contributed by atoms with van der Waals surface area (Å²) in [5.74, 6) is -2.68. The first kappa shape index (κ1) is 21.3. The van der Waals surface area contributed by atoms with Gasteiger partial charge in [0.05, 0.1) is 12.2 Å². The van der Waals surface area contributed by atoms with Crippen LogP contribution in [0.1, 0.15) is 12.6 Å². The molecule has 2 rings (SSSR count). The fourth-order valence-corrected chi connectivity index (χ4v) is 2.20. The molecule has 28 heavy (non-hydrogen) atoms. The number of carbonyl (C=O) groups excluding carboxylic acids is 1. The van der Waals surface area contributed by atoms with E-state index in [1.165, 1.54) is 6.92 Å². The van der Waals surface area contributed by atoms with Crippen molar-refractivity contribution in [3.05, 3.63) is 47.8 Å². The van der Waals surface area contributed by atoms with Crippen molar-refractivity contribution < 1.29 is 36.6 Å². The monoisotopic (exact) mass is 406 g/mol. The summed E-state index contributed by atoms with van der Waals surface area (Å²) in [7, 11) is 0. The number of benzene rings is 1. The van der Waals surface area contributed by atoms with Crippen LogP contribution in [0.15, 0.2) is 30.5 Å². The van der Waals surface area contributed by atoms with Crippen LogP contribution in [-0.2, 0) is 5.60 Å². The standard InChI is InChI=1S/C16H15F5N4O3/c1-2-25(13(22)26)8-15(27,16(19,20)21)12-5-6-23-14(24-12)28-9-3-4-10(17)11(18)7-9/h3-7,27H,2,8H2,1H3,(H2,22,26)/t15-/m1/s1. The highest BCUT2D eigenvalue weighted by atomic mass is 19.4. The number of likely N-dealkylation sites (N-methyl/N-ethyl adjacent to an activating group) is 1. The average molecular weight is 406 g/mol. The molecule has 1 heterocycles. The van der Waals surface area contributed by atoms with Crippen LogP contribution in [0, 0.1) is 11.6 Å². The summed E-state index contributed by atoms with van der Waals surface area (Å²) in [6.07, 6.45) is -4.36. The van der Waals surface area contributed by atoms with Gasteiger partial charge in [0, 0.05) is 18.8 Å². The van der Waals surface area contributed by atoms with Crippen LogP contribution in [-0.4, -0.2) is 45.3 Å². The van der Waals surface area contributed by atoms with Crippen LogP contribution in [0.4, 0.5) is 26.7 Å². The SMILES string of the molecule is CCN(C[C@@](O)(c1ccnc(Oc2ccc(F)c(F)c2)n1)C(F)(F)F)C(N)=O. The van der Waals surface area contributed by atoms with Crippen LogP contribution in [0.25, 0.3) is 0 Å². The smallest absolute Gasteiger partial charge is 0.424 e. The highest BCUT2D eigenvalue weighted by Gasteiger charge is 2.57. The number of ether oxygens (including phenoxy) is 1. The zero-order valence-corrected chi connectivity index (χ0v) is 14.4. The molecule has 12 heteroatoms. The third kappa shape index (κ3) is 4.44. The number of aromatic nitrogens is 2. The van der Waals surface area contributed by atoms with E-state index in [1.807, 2.05) is 0 Å². The quantitative estimate of drug-likeness (QED) is 0.719. The minimum absolute atomic E-state index is 0.197. The Morgan fingerprint density at radius 3 is 2.46 bits per heavy atom. The molecule has 0 aliphatic heterocycles. The molecule has 0 spiro atoms. The maximum atomic E-state index is 13.6. The molecule has 1 atom stereocenters. The van der Waals surface area contributed by atoms with Crippen molar-refractivity contribution in [1.29, 1.82) is 0 Å². The predicted octanol–water partition coefficient (Wildman–Crippen LogP) is 2.70. The maximum Gasteiger partial charge on any atom is 0.424 e. The number of alkyl halides is 3. The number of carbonyl (C=O) groups is 1. The summed E-state index contributed by atoms with van der Waals surface area (Å²) in [5.41, 5.74) is 0.519. The van der Waals surface area contributed by atoms with Crippen molar-refractivity contribution in [3.63, 3.8) is 0 Å². The fraction of sp³-hybridized carbons (Fsp3) is 0.312. The minimum atomic E-state index is -5.23. The van der Waals surface area contributed by atoms with E-state index in [0.717, 1.165) is 24.4 Å². The van der Waals surface area contributed by atoms with Gasteiger partial charge in [0.25, 0.3) is 0 Å². The molecule has 2 aromatic rings. The second kappa shape index (κ2) is 7.92. The number of amides is 2. The third-order valence-electron chi connectivity index (χ3n) is 3.74. The molecule has 0 aliphatic rings. The lowest BCUT2D eigenvalue weighted by Gasteiger charge is -2.34. The lowest BCUT2D eigenvalue weighted by Crippen LogP contribution is -2.54. The lowest BCUT2D eigenvalue weighted by atomic mass is 9.97. The molecule has 1 aromatic heterocycles. The zero-order valence-electron chi connectivity index (χ0n) is 14.4. The number of urea groups is 1. The van der Waals surface area contributed by atoms with Gasteiger partial charge in [-0.2, -0.15) is 18.2 Å². The Labute approximate surface area is 155 Å². The number of rotatable bonds is 6. The number of aliphatic hydroxyl groups is 1. The van der Waals surface area contributed by atoms with Gasteiger partial charge >= 0.3 is 18.2 Å². The zero-order chi connectivity index (χ0) is 21.1. The molecule has 0 fully saturated rings. The first-order valence-corrected chi connectivity index (χ1v) is 7.78. The number of nitrogens with two attached hydrogens (primary N) is 1. The molecular weight excluding hydrogens is 391 g/mol. The van der Waals surface area contributed by atoms with Gasteiger partial charge in [-0.1, -0.05) is 0 Å². The maximum absolute atomic E-state index is 13.6. The first-order chi connectivity index (χ1) is 13.0. The van der Waals surface area contributed by atoms with Gasteiger partial charge in [-0.05, 0) is 25.1 Å². The Hall–Kier alpha value is -3.02. The molecule has 152 valence electrons. The second-order valence-corrected chi connectivity index (χ2v) is 5.61. The second-order valence-electron chi connectivity index (χ2n) is 5.61. The van der Waals surface area contributed by atoms with Crippen LogP contribution in [0.3, 0.4) is 0 Å². The van der Waals surface area contributed by atoms with Gasteiger partial charge in [-0.25, -0.2) is 18.6 Å². The van der Waals surface area contributed by atoms with Gasteiger partial charge in [0.1, 0.15) is 5.75 Å². The molecule has 3 N–H and O–H groups in total. The Morgan fingerprint density at radius 2 is 1.93 bits per heavy atom. The van der Waals surface area contributed by atoms with E-state index in [1.54, 1.807) is 0 Å². The van der Waals surface area contributed by atoms with Crippen molar-refractivity contribution >= 4 is 6.03 Å². The number of hydrogen-bond donors (Lipinski definition) is 2. The number of halogens is 5. The number of hydrogen-bond acceptors (Lipinski definition) is 5. The Kier molecular flexibility index (Phi) is 6.02. The van der Waals surface area contributed by atoms with Crippen molar-refractivity contribution in [1.82, 2.24) is 14.9 Å². The van der Waals surface area contributed by atoms with Gasteiger partial charge in [0.15, 0.2) is 11.6 Å². The van der Waals surface area contributed by atoms with E-state index in [0.29, 0.717) is 11.0 Å². The molecule has 0 unspecified atom stereocenters. The van der Waals surface area contributed by atoms with Crippen LogP contribution in [0.5, 0.6) is 11.8 Å². The van der Waals surface area contributed by atoms with Gasteiger partial charge < -0.3 is 20.5 Å². The van der Waals surface area contributed by atoms with E-state index in [9.17, 15) is 31.9 Å². The molecule has 2 amide bonds. The third-order valence-corrected chi connectivity index (χ3v) is 3.74. The molecule has 7 nitrogen and oxygen atoms in total. The van der Waals surface area contributed by atoms with Crippen LogP contribution < -0.4 is 10.5 Å². The Morgan fingerprint density at radius 1 is 1.25 bits per heavy atom. The van der Waals surface area contributed by atoms with Gasteiger partial charge in [-0.3, -0.25) is 0 Å². The highest BCUT2D eigenvalue weighted by Crippen LogP contribution is 2.39. The van der Waals surface area contributed by atoms with E-state index < -0.39 is 47.7 Å². The topological polar surface area (TPSA) is 102 Å². The summed E-state index contributed by atoms with van der Waals surface area (Å²) in [4.78, 5) is 18.9. The largest absolute Gasteiger partial charge is 0.424 e. The molecular formula is C16H15F5N4O3. The van der Waals surface area contributed by atoms with Crippen molar-refractivity contribution in [3.8, 4) is 11.8 Å². The number of nitrogens with zero attached hydrogens (tertiary/aromatic N) is 3. The fourth-order valence-electron chi connectivity index (χ4n) is 2.20. The highest BCUT2D eigenvalue weighted by molar-refractivity contribution is 5.72. The minimum Gasteiger partial charge on any atom is -0.424 e. The average Bonchev–Trinajstić information content (AvgIpc) is 2.61. The predicted molar refractivity (Wildman–Crippen MR) is 85.2 cm³/mol. The van der Waals surface area contributed by atoms with Crippen molar-refractivity contribution in [2.75, 3.05) is 13.1 Å². The summed E-state index contributed by atoms with van der Waals surface area (Å²) in [6.45, 7) is -0.0415. The molecule has 0 aliphatic carbocycles. The van der Waals surface area contributed by atoms with E-state index in [2.05, 4.69) is 9.97 Å². The first-order valence-electron chi connectivity index (χ1n) is 7.78. The summed E-state index contributed by atoms with van der Waals surface area (Å²) in [5, 5.41) is 10.3. The van der Waals surface area contributed by atoms with Crippen molar-refractivity contribution in [2.45, 2.75) is 18.7 Å². The van der Waals surface area contributed by atoms with E-state index >= 15 is 0 Å². The van der Waals surface area contributed by atoms with Crippen molar-refractivity contribution in [2.24, 2.45) is 5.73 Å². The van der Waals surface area contributed by atoms with Crippen LogP contribution in [0.2, 0.25) is 0 Å². The summed E-state index contributed by atoms with van der Waals surface area (Å²) < 4.78 is 72.0.